The van der Waals surface area contributed by atoms with Crippen molar-refractivity contribution in [2.45, 2.75) is 116 Å². The van der Waals surface area contributed by atoms with Gasteiger partial charge >= 0.3 is 0 Å². The van der Waals surface area contributed by atoms with E-state index in [0.717, 1.165) is 37.8 Å². The summed E-state index contributed by atoms with van der Waals surface area (Å²) >= 11 is 0. The van der Waals surface area contributed by atoms with E-state index in [1.54, 1.807) is 0 Å². The highest BCUT2D eigenvalue weighted by molar-refractivity contribution is 4.90. The van der Waals surface area contributed by atoms with E-state index in [2.05, 4.69) is 32.6 Å². The summed E-state index contributed by atoms with van der Waals surface area (Å²) in [6.07, 6.45) is 14.5. The van der Waals surface area contributed by atoms with Gasteiger partial charge in [0.15, 0.2) is 5.79 Å². The molecule has 0 aromatic rings. The molecule has 3 rings (SSSR count). The van der Waals surface area contributed by atoms with E-state index in [4.69, 9.17) is 9.47 Å². The molecule has 2 aliphatic carbocycles. The Hall–Kier alpha value is -0.120. The third-order valence-electron chi connectivity index (χ3n) is 7.91. The highest BCUT2D eigenvalue weighted by Crippen LogP contribution is 2.47. The summed E-state index contributed by atoms with van der Waals surface area (Å²) in [6.45, 7) is 12.7. The topological polar surface area (TPSA) is 21.7 Å². The second-order valence-corrected chi connectivity index (χ2v) is 9.79. The van der Waals surface area contributed by atoms with Crippen LogP contribution in [0.4, 0.5) is 0 Å². The zero-order chi connectivity index (χ0) is 18.6. The summed E-state index contributed by atoms with van der Waals surface area (Å²) < 4.78 is 12.8. The van der Waals surface area contributed by atoms with Gasteiger partial charge in [0, 0.05) is 25.4 Å². The average Bonchev–Trinajstić information content (AvgIpc) is 3.06. The van der Waals surface area contributed by atoms with Crippen LogP contribution >= 0.6 is 0 Å². The predicted octanol–water partition coefficient (Wildman–Crippen LogP) is 5.77. The van der Waals surface area contributed by atoms with Gasteiger partial charge in [0.1, 0.15) is 0 Å². The minimum atomic E-state index is -0.243. The van der Waals surface area contributed by atoms with Crippen molar-refractivity contribution in [3.63, 3.8) is 0 Å². The molecule has 0 aromatic carbocycles. The SMILES string of the molecule is CCN(CCC1COC2(CCC(C(C)(C)CC)CC2)O1)C1CCCCC1. The van der Waals surface area contributed by atoms with Crippen LogP contribution in [0.2, 0.25) is 0 Å². The van der Waals surface area contributed by atoms with Crippen molar-refractivity contribution >= 4 is 0 Å². The van der Waals surface area contributed by atoms with Crippen molar-refractivity contribution < 1.29 is 9.47 Å². The van der Waals surface area contributed by atoms with Gasteiger partial charge in [-0.15, -0.1) is 0 Å². The molecule has 1 unspecified atom stereocenters. The third-order valence-corrected chi connectivity index (χ3v) is 7.91. The summed E-state index contributed by atoms with van der Waals surface area (Å²) in [5.74, 6) is 0.582. The van der Waals surface area contributed by atoms with Crippen LogP contribution in [0.5, 0.6) is 0 Å². The van der Waals surface area contributed by atoms with E-state index in [1.165, 1.54) is 64.5 Å². The van der Waals surface area contributed by atoms with Gasteiger partial charge in [0.25, 0.3) is 0 Å². The molecule has 0 radical (unpaired) electrons. The van der Waals surface area contributed by atoms with Crippen molar-refractivity contribution in [2.75, 3.05) is 19.7 Å². The fraction of sp³-hybridized carbons (Fsp3) is 1.00. The molecular weight excluding hydrogens is 322 g/mol. The van der Waals surface area contributed by atoms with Gasteiger partial charge in [0.2, 0.25) is 0 Å². The van der Waals surface area contributed by atoms with Crippen LogP contribution in [0, 0.1) is 11.3 Å². The molecule has 1 heterocycles. The van der Waals surface area contributed by atoms with E-state index < -0.39 is 0 Å². The third kappa shape index (κ3) is 4.83. The molecule has 0 bridgehead atoms. The van der Waals surface area contributed by atoms with Crippen LogP contribution in [0.3, 0.4) is 0 Å². The molecule has 3 heteroatoms. The average molecular weight is 366 g/mol. The molecule has 152 valence electrons. The first-order chi connectivity index (χ1) is 12.5. The quantitative estimate of drug-likeness (QED) is 0.572. The number of rotatable bonds is 7. The summed E-state index contributed by atoms with van der Waals surface area (Å²) in [4.78, 5) is 2.70. The maximum Gasteiger partial charge on any atom is 0.168 e. The lowest BCUT2D eigenvalue weighted by Gasteiger charge is -2.42. The molecule has 1 atom stereocenters. The molecule has 1 spiro atoms. The monoisotopic (exact) mass is 365 g/mol. The lowest BCUT2D eigenvalue weighted by Crippen LogP contribution is -2.40. The molecule has 2 saturated carbocycles. The van der Waals surface area contributed by atoms with E-state index in [9.17, 15) is 0 Å². The Labute approximate surface area is 162 Å². The highest BCUT2D eigenvalue weighted by Gasteiger charge is 2.46. The summed E-state index contributed by atoms with van der Waals surface area (Å²) in [6, 6.07) is 0.816. The van der Waals surface area contributed by atoms with Crippen molar-refractivity contribution in [3.05, 3.63) is 0 Å². The van der Waals surface area contributed by atoms with E-state index >= 15 is 0 Å². The normalized spacial score (nSPS) is 34.0. The standard InChI is InChI=1S/C23H43NO2/c1-5-22(3,4)19-12-15-23(16-13-19)25-18-21(26-23)14-17-24(6-2)20-10-8-7-9-11-20/h19-21H,5-18H2,1-4H3. The largest absolute Gasteiger partial charge is 0.347 e. The van der Waals surface area contributed by atoms with Gasteiger partial charge in [-0.25, -0.2) is 0 Å². The molecule has 3 nitrogen and oxygen atoms in total. The number of hydrogen-bond donors (Lipinski definition) is 0. The lowest BCUT2D eigenvalue weighted by molar-refractivity contribution is -0.197. The minimum absolute atomic E-state index is 0.243. The number of ether oxygens (including phenoxy) is 2. The van der Waals surface area contributed by atoms with Gasteiger partial charge in [-0.1, -0.05) is 53.4 Å². The molecule has 0 N–H and O–H groups in total. The zero-order valence-corrected chi connectivity index (χ0v) is 17.9. The van der Waals surface area contributed by atoms with Crippen molar-refractivity contribution in [2.24, 2.45) is 11.3 Å². The Morgan fingerprint density at radius 2 is 1.69 bits per heavy atom. The molecule has 1 saturated heterocycles. The first-order valence-electron chi connectivity index (χ1n) is 11.5. The van der Waals surface area contributed by atoms with Crippen LogP contribution in [0.25, 0.3) is 0 Å². The molecule has 0 amide bonds. The fourth-order valence-corrected chi connectivity index (χ4v) is 5.50. The summed E-state index contributed by atoms with van der Waals surface area (Å²) in [7, 11) is 0. The Bertz CT molecular complexity index is 422. The maximum absolute atomic E-state index is 6.52. The summed E-state index contributed by atoms with van der Waals surface area (Å²) in [5.41, 5.74) is 0.460. The number of hydrogen-bond acceptors (Lipinski definition) is 3. The Morgan fingerprint density at radius 3 is 2.31 bits per heavy atom. The van der Waals surface area contributed by atoms with Crippen molar-refractivity contribution in [1.29, 1.82) is 0 Å². The zero-order valence-electron chi connectivity index (χ0n) is 17.9. The predicted molar refractivity (Wildman–Crippen MR) is 108 cm³/mol. The highest BCUT2D eigenvalue weighted by atomic mass is 16.7. The van der Waals surface area contributed by atoms with Gasteiger partial charge in [-0.05, 0) is 50.0 Å². The van der Waals surface area contributed by atoms with E-state index in [0.29, 0.717) is 11.5 Å². The second-order valence-electron chi connectivity index (χ2n) is 9.79. The van der Waals surface area contributed by atoms with Gasteiger partial charge < -0.3 is 14.4 Å². The van der Waals surface area contributed by atoms with E-state index in [-0.39, 0.29) is 5.79 Å². The van der Waals surface area contributed by atoms with Crippen LogP contribution in [0.15, 0.2) is 0 Å². The first-order valence-corrected chi connectivity index (χ1v) is 11.5. The van der Waals surface area contributed by atoms with Crippen LogP contribution in [0.1, 0.15) is 98.3 Å². The van der Waals surface area contributed by atoms with Crippen LogP contribution in [-0.4, -0.2) is 42.5 Å². The summed E-state index contributed by atoms with van der Waals surface area (Å²) in [5, 5.41) is 0. The Balaban J connectivity index is 1.44. The maximum atomic E-state index is 6.52. The molecule has 26 heavy (non-hydrogen) atoms. The fourth-order valence-electron chi connectivity index (χ4n) is 5.50. The first kappa shape index (κ1) is 20.6. The van der Waals surface area contributed by atoms with E-state index in [1.807, 2.05) is 0 Å². The van der Waals surface area contributed by atoms with Crippen molar-refractivity contribution in [1.82, 2.24) is 4.90 Å². The Morgan fingerprint density at radius 1 is 1.00 bits per heavy atom. The molecule has 0 aromatic heterocycles. The van der Waals surface area contributed by atoms with Crippen molar-refractivity contribution in [3.8, 4) is 0 Å². The molecule has 1 aliphatic heterocycles. The molecule has 3 aliphatic rings. The minimum Gasteiger partial charge on any atom is -0.347 e. The second kappa shape index (κ2) is 8.92. The van der Waals surface area contributed by atoms with Crippen LogP contribution in [-0.2, 0) is 9.47 Å². The van der Waals surface area contributed by atoms with Gasteiger partial charge in [-0.2, -0.15) is 0 Å². The van der Waals surface area contributed by atoms with Gasteiger partial charge in [0.05, 0.1) is 12.7 Å². The molecular formula is C23H43NO2. The smallest absolute Gasteiger partial charge is 0.168 e. The number of nitrogens with zero attached hydrogens (tertiary/aromatic N) is 1. The Kier molecular flexibility index (Phi) is 7.07. The van der Waals surface area contributed by atoms with Gasteiger partial charge in [-0.3, -0.25) is 0 Å². The van der Waals surface area contributed by atoms with Crippen LogP contribution < -0.4 is 0 Å². The lowest BCUT2D eigenvalue weighted by atomic mass is 9.68. The molecule has 3 fully saturated rings.